The van der Waals surface area contributed by atoms with Gasteiger partial charge in [-0.1, -0.05) is 0 Å². The van der Waals surface area contributed by atoms with Crippen LogP contribution in [0.2, 0.25) is 0 Å². The standard InChI is InChI=1S/C10H10N6O2/c1-14-7-6(8(17)15(2)10(14)18)12-9(13-7)16-4-3-11-5-16/h3-5H,1-2H3,(H,12,13). The van der Waals surface area contributed by atoms with Crippen molar-refractivity contribution in [1.29, 1.82) is 0 Å². The molecule has 0 saturated heterocycles. The Morgan fingerprint density at radius 2 is 2.00 bits per heavy atom. The lowest BCUT2D eigenvalue weighted by Gasteiger charge is -2.00. The van der Waals surface area contributed by atoms with E-state index in [2.05, 4.69) is 15.0 Å². The van der Waals surface area contributed by atoms with Gasteiger partial charge in [0.25, 0.3) is 5.56 Å². The second-order valence-electron chi connectivity index (χ2n) is 3.93. The van der Waals surface area contributed by atoms with E-state index in [9.17, 15) is 9.59 Å². The van der Waals surface area contributed by atoms with E-state index in [-0.39, 0.29) is 0 Å². The number of hydrogen-bond acceptors (Lipinski definition) is 4. The molecule has 3 heterocycles. The fraction of sp³-hybridized carbons (Fsp3) is 0.200. The Hall–Kier alpha value is -2.64. The summed E-state index contributed by atoms with van der Waals surface area (Å²) in [5.41, 5.74) is -0.182. The molecule has 3 aromatic rings. The molecule has 0 aliphatic rings. The topological polar surface area (TPSA) is 90.5 Å². The number of H-pyrrole nitrogens is 1. The molecular weight excluding hydrogens is 236 g/mol. The molecule has 0 amide bonds. The summed E-state index contributed by atoms with van der Waals surface area (Å²) < 4.78 is 4.00. The zero-order valence-electron chi connectivity index (χ0n) is 9.78. The van der Waals surface area contributed by atoms with Gasteiger partial charge >= 0.3 is 5.69 Å². The Morgan fingerprint density at radius 1 is 1.22 bits per heavy atom. The van der Waals surface area contributed by atoms with E-state index < -0.39 is 11.2 Å². The first kappa shape index (κ1) is 10.5. The minimum absolute atomic E-state index is 0.295. The van der Waals surface area contributed by atoms with Gasteiger partial charge in [0.2, 0.25) is 5.95 Å². The lowest BCUT2D eigenvalue weighted by Crippen LogP contribution is -2.36. The molecule has 0 aliphatic heterocycles. The Bertz CT molecular complexity index is 836. The van der Waals surface area contributed by atoms with E-state index in [1.165, 1.54) is 11.6 Å². The van der Waals surface area contributed by atoms with Crippen molar-refractivity contribution in [3.8, 4) is 5.95 Å². The van der Waals surface area contributed by atoms with Crippen molar-refractivity contribution in [1.82, 2.24) is 28.7 Å². The van der Waals surface area contributed by atoms with Crippen LogP contribution in [0.25, 0.3) is 17.1 Å². The Labute approximate surface area is 100 Å². The smallest absolute Gasteiger partial charge is 0.318 e. The van der Waals surface area contributed by atoms with E-state index in [0.717, 1.165) is 4.57 Å². The summed E-state index contributed by atoms with van der Waals surface area (Å²) in [7, 11) is 3.00. The second-order valence-corrected chi connectivity index (χ2v) is 3.93. The fourth-order valence-electron chi connectivity index (χ4n) is 1.82. The van der Waals surface area contributed by atoms with Crippen LogP contribution in [0.3, 0.4) is 0 Å². The van der Waals surface area contributed by atoms with Crippen molar-refractivity contribution >= 4 is 11.2 Å². The maximum absolute atomic E-state index is 11.9. The van der Waals surface area contributed by atoms with Crippen molar-refractivity contribution in [2.24, 2.45) is 14.1 Å². The Kier molecular flexibility index (Phi) is 2.00. The van der Waals surface area contributed by atoms with Gasteiger partial charge in [-0.05, 0) is 0 Å². The normalized spacial score (nSPS) is 11.2. The van der Waals surface area contributed by atoms with Gasteiger partial charge in [0.15, 0.2) is 11.2 Å². The van der Waals surface area contributed by atoms with Gasteiger partial charge in [0.1, 0.15) is 6.33 Å². The molecule has 0 spiro atoms. The third-order valence-electron chi connectivity index (χ3n) is 2.83. The van der Waals surface area contributed by atoms with Crippen molar-refractivity contribution < 1.29 is 0 Å². The number of fused-ring (bicyclic) bond motifs is 1. The van der Waals surface area contributed by atoms with Crippen molar-refractivity contribution in [3.63, 3.8) is 0 Å². The first-order valence-electron chi connectivity index (χ1n) is 5.23. The lowest BCUT2D eigenvalue weighted by molar-refractivity contribution is 0.708. The molecular formula is C10H10N6O2. The van der Waals surface area contributed by atoms with Crippen LogP contribution in [0.4, 0.5) is 0 Å². The minimum atomic E-state index is -0.406. The average molecular weight is 246 g/mol. The highest BCUT2D eigenvalue weighted by Crippen LogP contribution is 2.07. The second kappa shape index (κ2) is 3.42. The number of nitrogens with zero attached hydrogens (tertiary/aromatic N) is 5. The number of aryl methyl sites for hydroxylation is 1. The van der Waals surface area contributed by atoms with Gasteiger partial charge in [-0.15, -0.1) is 0 Å². The summed E-state index contributed by atoms with van der Waals surface area (Å²) in [6.45, 7) is 0. The molecule has 0 fully saturated rings. The van der Waals surface area contributed by atoms with Crippen LogP contribution < -0.4 is 11.2 Å². The summed E-state index contributed by atoms with van der Waals surface area (Å²) in [5.74, 6) is 0.445. The SMILES string of the molecule is Cn1c(=O)c2[nH]c(-n3ccnc3)nc2n(C)c1=O. The number of rotatable bonds is 1. The summed E-state index contributed by atoms with van der Waals surface area (Å²) in [6, 6.07) is 0. The largest absolute Gasteiger partial charge is 0.332 e. The van der Waals surface area contributed by atoms with E-state index in [0.29, 0.717) is 17.1 Å². The molecule has 0 atom stereocenters. The maximum Gasteiger partial charge on any atom is 0.332 e. The van der Waals surface area contributed by atoms with Crippen LogP contribution in [-0.2, 0) is 14.1 Å². The molecule has 8 nitrogen and oxygen atoms in total. The van der Waals surface area contributed by atoms with Gasteiger partial charge in [-0.25, -0.2) is 9.78 Å². The van der Waals surface area contributed by atoms with Crippen LogP contribution >= 0.6 is 0 Å². The van der Waals surface area contributed by atoms with Crippen LogP contribution in [-0.4, -0.2) is 28.7 Å². The number of hydrogen-bond donors (Lipinski definition) is 1. The third kappa shape index (κ3) is 1.25. The number of aromatic amines is 1. The number of aromatic nitrogens is 6. The zero-order valence-corrected chi connectivity index (χ0v) is 9.78. The highest BCUT2D eigenvalue weighted by atomic mass is 16.2. The molecule has 92 valence electrons. The molecule has 0 unspecified atom stereocenters. The summed E-state index contributed by atoms with van der Waals surface area (Å²) in [5, 5.41) is 0. The monoisotopic (exact) mass is 246 g/mol. The average Bonchev–Trinajstić information content (AvgIpc) is 3.01. The van der Waals surface area contributed by atoms with Gasteiger partial charge < -0.3 is 4.98 Å². The molecule has 0 aromatic carbocycles. The molecule has 1 N–H and O–H groups in total. The number of nitrogens with one attached hydrogen (secondary N) is 1. The molecule has 8 heteroatoms. The first-order chi connectivity index (χ1) is 8.59. The molecule has 0 radical (unpaired) electrons. The summed E-state index contributed by atoms with van der Waals surface area (Å²) in [6.07, 6.45) is 4.85. The zero-order chi connectivity index (χ0) is 12.9. The first-order valence-corrected chi connectivity index (χ1v) is 5.23. The molecule has 0 saturated carbocycles. The predicted octanol–water partition coefficient (Wildman–Crippen LogP) is -0.854. The van der Waals surface area contributed by atoms with E-state index in [1.807, 2.05) is 0 Å². The van der Waals surface area contributed by atoms with E-state index in [1.54, 1.807) is 30.3 Å². The Morgan fingerprint density at radius 3 is 2.67 bits per heavy atom. The fourth-order valence-corrected chi connectivity index (χ4v) is 1.82. The highest BCUT2D eigenvalue weighted by Gasteiger charge is 2.13. The van der Waals surface area contributed by atoms with Crippen molar-refractivity contribution in [3.05, 3.63) is 39.6 Å². The van der Waals surface area contributed by atoms with Gasteiger partial charge in [-0.2, -0.15) is 4.98 Å². The minimum Gasteiger partial charge on any atom is -0.318 e. The highest BCUT2D eigenvalue weighted by molar-refractivity contribution is 5.71. The molecule has 0 aliphatic carbocycles. The third-order valence-corrected chi connectivity index (χ3v) is 2.83. The lowest BCUT2D eigenvalue weighted by atomic mass is 10.5. The van der Waals surface area contributed by atoms with Crippen LogP contribution in [0.5, 0.6) is 0 Å². The summed E-state index contributed by atoms with van der Waals surface area (Å²) >= 11 is 0. The van der Waals surface area contributed by atoms with Crippen LogP contribution in [0, 0.1) is 0 Å². The van der Waals surface area contributed by atoms with E-state index >= 15 is 0 Å². The Balaban J connectivity index is 2.44. The van der Waals surface area contributed by atoms with E-state index in [4.69, 9.17) is 0 Å². The van der Waals surface area contributed by atoms with Gasteiger partial charge in [0, 0.05) is 26.5 Å². The quantitative estimate of drug-likeness (QED) is 0.605. The van der Waals surface area contributed by atoms with Crippen LogP contribution in [0.15, 0.2) is 28.3 Å². The summed E-state index contributed by atoms with van der Waals surface area (Å²) in [4.78, 5) is 34.7. The maximum atomic E-state index is 11.9. The van der Waals surface area contributed by atoms with Gasteiger partial charge in [0.05, 0.1) is 0 Å². The van der Waals surface area contributed by atoms with Crippen molar-refractivity contribution in [2.75, 3.05) is 0 Å². The molecule has 3 rings (SSSR count). The molecule has 0 bridgehead atoms. The number of imidazole rings is 2. The van der Waals surface area contributed by atoms with Gasteiger partial charge in [-0.3, -0.25) is 18.5 Å². The van der Waals surface area contributed by atoms with Crippen molar-refractivity contribution in [2.45, 2.75) is 0 Å². The van der Waals surface area contributed by atoms with Crippen LogP contribution in [0.1, 0.15) is 0 Å². The predicted molar refractivity (Wildman–Crippen MR) is 63.7 cm³/mol. The molecule has 3 aromatic heterocycles. The molecule has 18 heavy (non-hydrogen) atoms.